The molecule has 0 aliphatic rings. The lowest BCUT2D eigenvalue weighted by atomic mass is 10.2. The van der Waals surface area contributed by atoms with Crippen LogP contribution in [0.25, 0.3) is 17.0 Å². The molecule has 0 bridgehead atoms. The normalized spacial score (nSPS) is 11.0. The average Bonchev–Trinajstić information content (AvgIpc) is 3.26. The summed E-state index contributed by atoms with van der Waals surface area (Å²) >= 11 is 0. The van der Waals surface area contributed by atoms with E-state index in [-0.39, 0.29) is 5.91 Å². The zero-order chi connectivity index (χ0) is 18.8. The Morgan fingerprint density at radius 1 is 1.22 bits per heavy atom. The summed E-state index contributed by atoms with van der Waals surface area (Å²) in [6, 6.07) is 13.3. The number of anilines is 1. The number of fused-ring (bicyclic) bond motifs is 1. The minimum absolute atomic E-state index is 0.255. The van der Waals surface area contributed by atoms with Crippen LogP contribution in [0.1, 0.15) is 16.1 Å². The van der Waals surface area contributed by atoms with Crippen molar-refractivity contribution in [3.63, 3.8) is 0 Å². The molecule has 4 rings (SSSR count). The van der Waals surface area contributed by atoms with E-state index in [1.807, 2.05) is 30.3 Å². The minimum Gasteiger partial charge on any atom is -0.380 e. The van der Waals surface area contributed by atoms with E-state index in [1.54, 1.807) is 43.2 Å². The Kier molecular flexibility index (Phi) is 4.39. The van der Waals surface area contributed by atoms with Gasteiger partial charge in [-0.15, -0.1) is 5.10 Å². The van der Waals surface area contributed by atoms with Crippen molar-refractivity contribution in [1.29, 1.82) is 0 Å². The molecule has 4 aromatic rings. The van der Waals surface area contributed by atoms with E-state index in [2.05, 4.69) is 20.5 Å². The summed E-state index contributed by atoms with van der Waals surface area (Å²) < 4.78 is 8.34. The van der Waals surface area contributed by atoms with Crippen molar-refractivity contribution in [2.24, 2.45) is 7.05 Å². The standard InChI is InChI=1S/C19H18N6O2/c1-24-17(14(11-20-24)12-27-2)19(26)21-15-8-9-25-16(10-15)22-18(23-25)13-6-4-3-5-7-13/h3-11H,12H2,1-2H3,(H,21,26). The zero-order valence-electron chi connectivity index (χ0n) is 15.0. The molecule has 0 unspecified atom stereocenters. The van der Waals surface area contributed by atoms with E-state index in [4.69, 9.17) is 4.74 Å². The number of nitrogens with one attached hydrogen (secondary N) is 1. The molecule has 0 saturated carbocycles. The van der Waals surface area contributed by atoms with Gasteiger partial charge in [0.15, 0.2) is 11.5 Å². The van der Waals surface area contributed by atoms with Crippen LogP contribution in [-0.4, -0.2) is 37.4 Å². The van der Waals surface area contributed by atoms with Gasteiger partial charge >= 0.3 is 0 Å². The molecule has 0 aliphatic carbocycles. The number of ether oxygens (including phenoxy) is 1. The Hall–Kier alpha value is -3.52. The first-order chi connectivity index (χ1) is 13.2. The van der Waals surface area contributed by atoms with Crippen LogP contribution < -0.4 is 5.32 Å². The van der Waals surface area contributed by atoms with Crippen molar-refractivity contribution >= 4 is 17.2 Å². The van der Waals surface area contributed by atoms with Gasteiger partial charge in [0.25, 0.3) is 5.91 Å². The van der Waals surface area contributed by atoms with Gasteiger partial charge in [0.1, 0.15) is 5.69 Å². The lowest BCUT2D eigenvalue weighted by Gasteiger charge is -2.07. The highest BCUT2D eigenvalue weighted by atomic mass is 16.5. The van der Waals surface area contributed by atoms with Gasteiger partial charge in [0.2, 0.25) is 0 Å². The predicted molar refractivity (Wildman–Crippen MR) is 100 cm³/mol. The second kappa shape index (κ2) is 7.00. The Bertz CT molecular complexity index is 1100. The van der Waals surface area contributed by atoms with Gasteiger partial charge in [-0.1, -0.05) is 30.3 Å². The molecule has 3 heterocycles. The molecule has 0 fully saturated rings. The highest BCUT2D eigenvalue weighted by molar-refractivity contribution is 6.04. The van der Waals surface area contributed by atoms with Gasteiger partial charge in [-0.05, 0) is 6.07 Å². The summed E-state index contributed by atoms with van der Waals surface area (Å²) in [4.78, 5) is 17.2. The number of hydrogen-bond donors (Lipinski definition) is 1. The molecule has 0 spiro atoms. The lowest BCUT2D eigenvalue weighted by molar-refractivity contribution is 0.101. The number of carbonyl (C=O) groups excluding carboxylic acids is 1. The van der Waals surface area contributed by atoms with Crippen molar-refractivity contribution in [2.45, 2.75) is 6.61 Å². The first-order valence-corrected chi connectivity index (χ1v) is 8.38. The van der Waals surface area contributed by atoms with Crippen LogP contribution in [0.4, 0.5) is 5.69 Å². The Labute approximate surface area is 155 Å². The monoisotopic (exact) mass is 362 g/mol. The largest absolute Gasteiger partial charge is 0.380 e. The first-order valence-electron chi connectivity index (χ1n) is 8.38. The minimum atomic E-state index is -0.255. The molecule has 8 heteroatoms. The number of pyridine rings is 1. The molecular weight excluding hydrogens is 344 g/mol. The molecule has 136 valence electrons. The van der Waals surface area contributed by atoms with Gasteiger partial charge in [-0.25, -0.2) is 9.50 Å². The summed E-state index contributed by atoms with van der Waals surface area (Å²) in [5, 5.41) is 11.5. The van der Waals surface area contributed by atoms with Crippen LogP contribution >= 0.6 is 0 Å². The van der Waals surface area contributed by atoms with Crippen molar-refractivity contribution in [3.8, 4) is 11.4 Å². The van der Waals surface area contributed by atoms with Gasteiger partial charge in [-0.2, -0.15) is 5.10 Å². The van der Waals surface area contributed by atoms with E-state index < -0.39 is 0 Å². The number of benzene rings is 1. The molecule has 0 radical (unpaired) electrons. The fourth-order valence-corrected chi connectivity index (χ4v) is 2.90. The van der Waals surface area contributed by atoms with Crippen molar-refractivity contribution in [1.82, 2.24) is 24.4 Å². The predicted octanol–water partition coefficient (Wildman–Crippen LogP) is 2.53. The third-order valence-electron chi connectivity index (χ3n) is 4.16. The fraction of sp³-hybridized carbons (Fsp3) is 0.158. The quantitative estimate of drug-likeness (QED) is 0.590. The SMILES string of the molecule is COCc1cnn(C)c1C(=O)Nc1ccn2nc(-c3ccccc3)nc2c1. The number of methoxy groups -OCH3 is 1. The summed E-state index contributed by atoms with van der Waals surface area (Å²) in [6.45, 7) is 0.320. The average molecular weight is 362 g/mol. The smallest absolute Gasteiger partial charge is 0.274 e. The lowest BCUT2D eigenvalue weighted by Crippen LogP contribution is -2.18. The van der Waals surface area contributed by atoms with Crippen LogP contribution in [0.2, 0.25) is 0 Å². The number of aromatic nitrogens is 5. The van der Waals surface area contributed by atoms with Crippen molar-refractivity contribution in [2.75, 3.05) is 12.4 Å². The first kappa shape index (κ1) is 16.9. The Balaban J connectivity index is 1.61. The number of hydrogen-bond acceptors (Lipinski definition) is 5. The van der Waals surface area contributed by atoms with E-state index in [0.29, 0.717) is 29.5 Å². The van der Waals surface area contributed by atoms with Crippen molar-refractivity contribution in [3.05, 3.63) is 66.1 Å². The number of amides is 1. The molecule has 1 amide bonds. The van der Waals surface area contributed by atoms with Gasteiger partial charge < -0.3 is 10.1 Å². The van der Waals surface area contributed by atoms with Gasteiger partial charge in [0.05, 0.1) is 12.8 Å². The van der Waals surface area contributed by atoms with E-state index >= 15 is 0 Å². The van der Waals surface area contributed by atoms with Crippen LogP contribution in [0.3, 0.4) is 0 Å². The Morgan fingerprint density at radius 3 is 2.81 bits per heavy atom. The highest BCUT2D eigenvalue weighted by Gasteiger charge is 2.17. The highest BCUT2D eigenvalue weighted by Crippen LogP contribution is 2.19. The molecular formula is C19H18N6O2. The maximum absolute atomic E-state index is 12.7. The second-order valence-electron chi connectivity index (χ2n) is 6.05. The van der Waals surface area contributed by atoms with Crippen LogP contribution in [0.5, 0.6) is 0 Å². The van der Waals surface area contributed by atoms with Crippen LogP contribution in [0.15, 0.2) is 54.9 Å². The topological polar surface area (TPSA) is 86.3 Å². The molecule has 1 N–H and O–H groups in total. The van der Waals surface area contributed by atoms with Crippen molar-refractivity contribution < 1.29 is 9.53 Å². The summed E-state index contributed by atoms with van der Waals surface area (Å²) in [7, 11) is 3.31. The number of rotatable bonds is 5. The van der Waals surface area contributed by atoms with Gasteiger partial charge in [-0.3, -0.25) is 9.48 Å². The number of aryl methyl sites for hydroxylation is 1. The molecule has 1 aromatic carbocycles. The third kappa shape index (κ3) is 3.30. The summed E-state index contributed by atoms with van der Waals surface area (Å²) in [6.07, 6.45) is 3.40. The summed E-state index contributed by atoms with van der Waals surface area (Å²) in [5.74, 6) is 0.377. The fourth-order valence-electron chi connectivity index (χ4n) is 2.90. The molecule has 8 nitrogen and oxygen atoms in total. The second-order valence-corrected chi connectivity index (χ2v) is 6.05. The molecule has 3 aromatic heterocycles. The third-order valence-corrected chi connectivity index (χ3v) is 4.16. The molecule has 0 atom stereocenters. The van der Waals surface area contributed by atoms with E-state index in [1.165, 1.54) is 4.68 Å². The summed E-state index contributed by atoms with van der Waals surface area (Å²) in [5.41, 5.74) is 3.40. The molecule has 0 saturated heterocycles. The van der Waals surface area contributed by atoms with Crippen LogP contribution in [0, 0.1) is 0 Å². The number of nitrogens with zero attached hydrogens (tertiary/aromatic N) is 5. The van der Waals surface area contributed by atoms with E-state index in [0.717, 1.165) is 11.1 Å². The Morgan fingerprint density at radius 2 is 2.04 bits per heavy atom. The molecule has 27 heavy (non-hydrogen) atoms. The van der Waals surface area contributed by atoms with E-state index in [9.17, 15) is 4.79 Å². The van der Waals surface area contributed by atoms with Crippen LogP contribution in [-0.2, 0) is 18.4 Å². The maximum atomic E-state index is 12.7. The maximum Gasteiger partial charge on any atom is 0.274 e. The molecule has 0 aliphatic heterocycles. The number of carbonyl (C=O) groups is 1. The van der Waals surface area contributed by atoms with Gasteiger partial charge in [0, 0.05) is 43.2 Å². The zero-order valence-corrected chi connectivity index (χ0v) is 15.0.